The molecule has 2 rings (SSSR count). The van der Waals surface area contributed by atoms with Crippen LogP contribution >= 0.6 is 0 Å². The summed E-state index contributed by atoms with van der Waals surface area (Å²) in [4.78, 5) is 22.3. The van der Waals surface area contributed by atoms with Gasteiger partial charge in [-0.25, -0.2) is 4.79 Å². The summed E-state index contributed by atoms with van der Waals surface area (Å²) in [5.41, 5.74) is 12.0. The number of benzene rings is 2. The van der Waals surface area contributed by atoms with Crippen LogP contribution in [0.4, 0.5) is 5.69 Å². The minimum absolute atomic E-state index is 0.0318. The van der Waals surface area contributed by atoms with E-state index in [1.807, 2.05) is 0 Å². The minimum Gasteiger partial charge on any atom is -0.489 e. The molecule has 0 spiro atoms. The Morgan fingerprint density at radius 1 is 1.10 bits per heavy atom. The lowest BCUT2D eigenvalue weighted by atomic mass is 10.1. The Hall–Kier alpha value is -3.02. The van der Waals surface area contributed by atoms with E-state index in [4.69, 9.17) is 21.3 Å². The molecule has 0 aromatic heterocycles. The zero-order valence-electron chi connectivity index (χ0n) is 11.1. The lowest BCUT2D eigenvalue weighted by Gasteiger charge is -2.10. The highest BCUT2D eigenvalue weighted by Gasteiger charge is 2.11. The molecule has 0 fully saturated rings. The molecule has 0 heterocycles. The minimum atomic E-state index is -1.13. The first-order chi connectivity index (χ1) is 9.99. The molecule has 1 amide bonds. The molecule has 6 heteroatoms. The summed E-state index contributed by atoms with van der Waals surface area (Å²) >= 11 is 0. The van der Waals surface area contributed by atoms with Gasteiger partial charge in [0.1, 0.15) is 12.4 Å². The lowest BCUT2D eigenvalue weighted by molar-refractivity contribution is 0.0697. The topological polar surface area (TPSA) is 116 Å². The van der Waals surface area contributed by atoms with E-state index in [1.54, 1.807) is 30.3 Å². The summed E-state index contributed by atoms with van der Waals surface area (Å²) in [7, 11) is 0. The van der Waals surface area contributed by atoms with Gasteiger partial charge in [-0.2, -0.15) is 0 Å². The number of carboxylic acids is 1. The first-order valence-electron chi connectivity index (χ1n) is 6.12. The number of carbonyl (C=O) groups is 2. The normalized spacial score (nSPS) is 10.1. The molecular formula is C15H14N2O4. The number of carbonyl (C=O) groups excluding carboxylic acids is 1. The monoisotopic (exact) mass is 286 g/mol. The molecule has 6 nitrogen and oxygen atoms in total. The van der Waals surface area contributed by atoms with E-state index in [2.05, 4.69) is 0 Å². The van der Waals surface area contributed by atoms with Crippen molar-refractivity contribution in [3.63, 3.8) is 0 Å². The summed E-state index contributed by atoms with van der Waals surface area (Å²) in [6, 6.07) is 11.1. The largest absolute Gasteiger partial charge is 0.489 e. The summed E-state index contributed by atoms with van der Waals surface area (Å²) in [6.45, 7) is 0.0993. The molecule has 0 saturated carbocycles. The van der Waals surface area contributed by atoms with Crippen molar-refractivity contribution in [2.45, 2.75) is 6.61 Å². The third-order valence-electron chi connectivity index (χ3n) is 2.93. The number of amides is 1. The first-order valence-corrected chi connectivity index (χ1v) is 6.12. The number of ether oxygens (including phenoxy) is 1. The molecule has 0 radical (unpaired) electrons. The molecule has 0 unspecified atom stereocenters. The second-order valence-electron chi connectivity index (χ2n) is 4.36. The molecule has 0 aliphatic rings. The standard InChI is InChI=1S/C15H14N2O4/c16-13-6-5-10(7-12(13)15(19)20)21-8-9-3-1-2-4-11(9)14(17)18/h1-7H,8,16H2,(H2,17,18)(H,19,20). The molecule has 5 N–H and O–H groups in total. The van der Waals surface area contributed by atoms with Gasteiger partial charge in [0.2, 0.25) is 5.91 Å². The highest BCUT2D eigenvalue weighted by Crippen LogP contribution is 2.21. The van der Waals surface area contributed by atoms with Crippen molar-refractivity contribution in [2.24, 2.45) is 5.73 Å². The number of nitrogens with two attached hydrogens (primary N) is 2. The van der Waals surface area contributed by atoms with E-state index in [1.165, 1.54) is 12.1 Å². The lowest BCUT2D eigenvalue weighted by Crippen LogP contribution is -2.14. The third-order valence-corrected chi connectivity index (χ3v) is 2.93. The van der Waals surface area contributed by atoms with E-state index in [9.17, 15) is 9.59 Å². The van der Waals surface area contributed by atoms with Crippen molar-refractivity contribution >= 4 is 17.6 Å². The van der Waals surface area contributed by atoms with Crippen LogP contribution in [0.25, 0.3) is 0 Å². The van der Waals surface area contributed by atoms with Gasteiger partial charge in [0, 0.05) is 16.8 Å². The highest BCUT2D eigenvalue weighted by atomic mass is 16.5. The van der Waals surface area contributed by atoms with Gasteiger partial charge in [0.25, 0.3) is 0 Å². The van der Waals surface area contributed by atoms with E-state index >= 15 is 0 Å². The SMILES string of the molecule is NC(=O)c1ccccc1COc1ccc(N)c(C(=O)O)c1. The van der Waals surface area contributed by atoms with Crippen molar-refractivity contribution in [1.29, 1.82) is 0 Å². The molecule has 108 valence electrons. The van der Waals surface area contributed by atoms with Crippen LogP contribution in [0.3, 0.4) is 0 Å². The number of nitrogen functional groups attached to an aromatic ring is 1. The van der Waals surface area contributed by atoms with Gasteiger partial charge in [-0.05, 0) is 24.3 Å². The number of hydrogen-bond acceptors (Lipinski definition) is 4. The quantitative estimate of drug-likeness (QED) is 0.723. The van der Waals surface area contributed by atoms with Crippen LogP contribution in [0.1, 0.15) is 26.3 Å². The number of rotatable bonds is 5. The number of hydrogen-bond donors (Lipinski definition) is 3. The molecule has 0 aliphatic carbocycles. The summed E-state index contributed by atoms with van der Waals surface area (Å²) in [6.07, 6.45) is 0. The Morgan fingerprint density at radius 2 is 1.81 bits per heavy atom. The van der Waals surface area contributed by atoms with Crippen LogP contribution < -0.4 is 16.2 Å². The molecule has 0 aliphatic heterocycles. The molecule has 0 atom stereocenters. The van der Waals surface area contributed by atoms with Gasteiger partial charge in [0.15, 0.2) is 0 Å². The van der Waals surface area contributed by atoms with Crippen molar-refractivity contribution in [3.05, 3.63) is 59.2 Å². The Balaban J connectivity index is 2.19. The third kappa shape index (κ3) is 3.30. The van der Waals surface area contributed by atoms with Crippen LogP contribution in [0.2, 0.25) is 0 Å². The number of primary amides is 1. The van der Waals surface area contributed by atoms with Crippen LogP contribution in [-0.2, 0) is 6.61 Å². The average molecular weight is 286 g/mol. The van der Waals surface area contributed by atoms with Crippen molar-refractivity contribution < 1.29 is 19.4 Å². The zero-order chi connectivity index (χ0) is 15.4. The van der Waals surface area contributed by atoms with Gasteiger partial charge in [-0.3, -0.25) is 4.79 Å². The zero-order valence-corrected chi connectivity index (χ0v) is 11.1. The first kappa shape index (κ1) is 14.4. The van der Waals surface area contributed by atoms with Crippen LogP contribution in [0.15, 0.2) is 42.5 Å². The predicted octanol–water partition coefficient (Wildman–Crippen LogP) is 1.64. The maximum absolute atomic E-state index is 11.3. The fraction of sp³-hybridized carbons (Fsp3) is 0.0667. The molecular weight excluding hydrogens is 272 g/mol. The number of carboxylic acid groups (broad SMARTS) is 1. The predicted molar refractivity (Wildman–Crippen MR) is 77.1 cm³/mol. The van der Waals surface area contributed by atoms with Crippen molar-refractivity contribution in [2.75, 3.05) is 5.73 Å². The maximum Gasteiger partial charge on any atom is 0.337 e. The van der Waals surface area contributed by atoms with E-state index in [0.717, 1.165) is 0 Å². The van der Waals surface area contributed by atoms with Gasteiger partial charge in [-0.15, -0.1) is 0 Å². The number of aromatic carboxylic acids is 1. The van der Waals surface area contributed by atoms with Crippen LogP contribution in [0.5, 0.6) is 5.75 Å². The van der Waals surface area contributed by atoms with E-state index in [-0.39, 0.29) is 17.9 Å². The van der Waals surface area contributed by atoms with E-state index in [0.29, 0.717) is 16.9 Å². The molecule has 0 bridgehead atoms. The van der Waals surface area contributed by atoms with Crippen molar-refractivity contribution in [3.8, 4) is 5.75 Å². The second-order valence-corrected chi connectivity index (χ2v) is 4.36. The van der Waals surface area contributed by atoms with Gasteiger partial charge >= 0.3 is 5.97 Å². The smallest absolute Gasteiger partial charge is 0.337 e. The van der Waals surface area contributed by atoms with Crippen molar-refractivity contribution in [1.82, 2.24) is 0 Å². The van der Waals surface area contributed by atoms with Gasteiger partial charge in [-0.1, -0.05) is 18.2 Å². The molecule has 2 aromatic rings. The van der Waals surface area contributed by atoms with Gasteiger partial charge < -0.3 is 21.3 Å². The Bertz CT molecular complexity index is 698. The van der Waals surface area contributed by atoms with Gasteiger partial charge in [0.05, 0.1) is 5.56 Å². The Morgan fingerprint density at radius 3 is 2.48 bits per heavy atom. The van der Waals surface area contributed by atoms with E-state index < -0.39 is 11.9 Å². The maximum atomic E-state index is 11.3. The Kier molecular flexibility index (Phi) is 4.08. The second kappa shape index (κ2) is 5.96. The van der Waals surface area contributed by atoms with Crippen LogP contribution in [0, 0.1) is 0 Å². The summed E-state index contributed by atoms with van der Waals surface area (Å²) in [5, 5.41) is 9.00. The highest BCUT2D eigenvalue weighted by molar-refractivity contribution is 5.94. The fourth-order valence-electron chi connectivity index (χ4n) is 1.86. The Labute approximate surface area is 120 Å². The average Bonchev–Trinajstić information content (AvgIpc) is 2.46. The summed E-state index contributed by atoms with van der Waals surface area (Å²) in [5.74, 6) is -1.32. The number of anilines is 1. The fourth-order valence-corrected chi connectivity index (χ4v) is 1.86. The molecule has 0 saturated heterocycles. The van der Waals surface area contributed by atoms with Crippen LogP contribution in [-0.4, -0.2) is 17.0 Å². The summed E-state index contributed by atoms with van der Waals surface area (Å²) < 4.78 is 5.50. The molecule has 2 aromatic carbocycles. The molecule has 21 heavy (non-hydrogen) atoms.